The van der Waals surface area contributed by atoms with Crippen LogP contribution in [0.4, 0.5) is 0 Å². The van der Waals surface area contributed by atoms with E-state index in [9.17, 15) is 0 Å². The van der Waals surface area contributed by atoms with E-state index in [1.54, 1.807) is 0 Å². The van der Waals surface area contributed by atoms with Gasteiger partial charge in [0.1, 0.15) is 0 Å². The highest BCUT2D eigenvalue weighted by atomic mass is 79.9. The Morgan fingerprint density at radius 1 is 1.10 bits per heavy atom. The average Bonchev–Trinajstić information content (AvgIpc) is 2.48. The fourth-order valence-corrected chi connectivity index (χ4v) is 2.97. The van der Waals surface area contributed by atoms with Gasteiger partial charge in [-0.05, 0) is 64.6 Å². The van der Waals surface area contributed by atoms with E-state index in [4.69, 9.17) is 23.2 Å². The Hall–Kier alpha value is -0.540. The number of benzene rings is 2. The number of hydrogen-bond donors (Lipinski definition) is 1. The van der Waals surface area contributed by atoms with Crippen molar-refractivity contribution in [1.82, 2.24) is 5.32 Å². The van der Waals surface area contributed by atoms with Crippen LogP contribution < -0.4 is 5.32 Å². The van der Waals surface area contributed by atoms with E-state index < -0.39 is 0 Å². The van der Waals surface area contributed by atoms with E-state index in [-0.39, 0.29) is 6.04 Å². The molecule has 2 rings (SSSR count). The molecule has 0 bridgehead atoms. The van der Waals surface area contributed by atoms with E-state index in [2.05, 4.69) is 46.4 Å². The number of nitrogens with one attached hydrogen (secondary N) is 1. The maximum absolute atomic E-state index is 6.29. The highest BCUT2D eigenvalue weighted by Crippen LogP contribution is 2.29. The van der Waals surface area contributed by atoms with Gasteiger partial charge in [0, 0.05) is 15.5 Å². The van der Waals surface area contributed by atoms with E-state index in [1.807, 2.05) is 24.3 Å². The Labute approximate surface area is 144 Å². The van der Waals surface area contributed by atoms with Crippen LogP contribution in [0.3, 0.4) is 0 Å². The molecule has 1 nitrogen and oxygen atoms in total. The van der Waals surface area contributed by atoms with Gasteiger partial charge in [-0.1, -0.05) is 54.4 Å². The van der Waals surface area contributed by atoms with E-state index in [1.165, 1.54) is 5.56 Å². The zero-order valence-electron chi connectivity index (χ0n) is 11.9. The predicted molar refractivity (Wildman–Crippen MR) is 95.3 cm³/mol. The molecule has 112 valence electrons. The molecule has 2 aromatic rings. The van der Waals surface area contributed by atoms with Crippen LogP contribution in [0.2, 0.25) is 10.0 Å². The molecular formula is C17H18BrCl2N. The first-order chi connectivity index (χ1) is 10.1. The van der Waals surface area contributed by atoms with Crippen molar-refractivity contribution >= 4 is 39.1 Å². The third-order valence-electron chi connectivity index (χ3n) is 3.37. The fraction of sp³-hybridized carbons (Fsp3) is 0.294. The topological polar surface area (TPSA) is 12.0 Å². The van der Waals surface area contributed by atoms with Crippen LogP contribution in [-0.4, -0.2) is 6.54 Å². The van der Waals surface area contributed by atoms with Gasteiger partial charge in [-0.25, -0.2) is 0 Å². The van der Waals surface area contributed by atoms with Crippen molar-refractivity contribution < 1.29 is 0 Å². The second-order valence-electron chi connectivity index (χ2n) is 4.98. The lowest BCUT2D eigenvalue weighted by Gasteiger charge is -2.20. The molecule has 0 saturated heterocycles. The summed E-state index contributed by atoms with van der Waals surface area (Å²) in [6.07, 6.45) is 1.95. The first kappa shape index (κ1) is 16.8. The van der Waals surface area contributed by atoms with Gasteiger partial charge >= 0.3 is 0 Å². The Balaban J connectivity index is 2.25. The molecule has 0 aliphatic heterocycles. The summed E-state index contributed by atoms with van der Waals surface area (Å²) in [5.74, 6) is 0. The lowest BCUT2D eigenvalue weighted by Crippen LogP contribution is -2.24. The van der Waals surface area contributed by atoms with Crippen molar-refractivity contribution in [3.8, 4) is 0 Å². The molecule has 0 aliphatic rings. The third-order valence-corrected chi connectivity index (χ3v) is 4.95. The normalized spacial score (nSPS) is 12.4. The molecule has 4 heteroatoms. The zero-order valence-corrected chi connectivity index (χ0v) is 15.0. The molecule has 0 amide bonds. The molecule has 0 fully saturated rings. The Kier molecular flexibility index (Phi) is 6.56. The maximum Gasteiger partial charge on any atom is 0.0548 e. The van der Waals surface area contributed by atoms with Crippen LogP contribution in [0.15, 0.2) is 46.9 Å². The van der Waals surface area contributed by atoms with Gasteiger partial charge < -0.3 is 5.32 Å². The molecular weight excluding hydrogens is 369 g/mol. The van der Waals surface area contributed by atoms with Gasteiger partial charge in [0.15, 0.2) is 0 Å². The minimum Gasteiger partial charge on any atom is -0.310 e. The van der Waals surface area contributed by atoms with Crippen molar-refractivity contribution in [3.05, 3.63) is 68.1 Å². The summed E-state index contributed by atoms with van der Waals surface area (Å²) in [5, 5.41) is 5.13. The lowest BCUT2D eigenvalue weighted by atomic mass is 9.98. The maximum atomic E-state index is 6.29. The SMILES string of the molecule is CCCNC(Cc1ccccc1Cl)c1ccc(Cl)c(Br)c1. The summed E-state index contributed by atoms with van der Waals surface area (Å²) in [5.41, 5.74) is 2.36. The van der Waals surface area contributed by atoms with Crippen LogP contribution in [0.1, 0.15) is 30.5 Å². The van der Waals surface area contributed by atoms with Gasteiger partial charge in [0.25, 0.3) is 0 Å². The highest BCUT2D eigenvalue weighted by Gasteiger charge is 2.14. The molecule has 1 atom stereocenters. The van der Waals surface area contributed by atoms with Gasteiger partial charge in [0.05, 0.1) is 5.02 Å². The van der Waals surface area contributed by atoms with Crippen LogP contribution >= 0.6 is 39.1 Å². The van der Waals surface area contributed by atoms with E-state index in [0.717, 1.165) is 39.5 Å². The van der Waals surface area contributed by atoms with Gasteiger partial charge in [-0.3, -0.25) is 0 Å². The van der Waals surface area contributed by atoms with Crippen LogP contribution in [0, 0.1) is 0 Å². The summed E-state index contributed by atoms with van der Waals surface area (Å²) in [6.45, 7) is 3.13. The molecule has 0 spiro atoms. The first-order valence-corrected chi connectivity index (χ1v) is 8.58. The molecule has 2 aromatic carbocycles. The number of hydrogen-bond acceptors (Lipinski definition) is 1. The number of rotatable bonds is 6. The van der Waals surface area contributed by atoms with Crippen LogP contribution in [0.5, 0.6) is 0 Å². The van der Waals surface area contributed by atoms with Crippen molar-refractivity contribution in [2.45, 2.75) is 25.8 Å². The smallest absolute Gasteiger partial charge is 0.0548 e. The highest BCUT2D eigenvalue weighted by molar-refractivity contribution is 9.10. The minimum absolute atomic E-state index is 0.221. The van der Waals surface area contributed by atoms with E-state index in [0.29, 0.717) is 0 Å². The lowest BCUT2D eigenvalue weighted by molar-refractivity contribution is 0.529. The second kappa shape index (κ2) is 8.19. The molecule has 0 heterocycles. The number of halogens is 3. The van der Waals surface area contributed by atoms with Gasteiger partial charge in [0.2, 0.25) is 0 Å². The standard InChI is InChI=1S/C17H18BrCl2N/c1-2-9-21-17(11-12-5-3-4-6-15(12)19)13-7-8-16(20)14(18)10-13/h3-8,10,17,21H,2,9,11H2,1H3. The predicted octanol–water partition coefficient (Wildman–Crippen LogP) is 6.04. The molecule has 1 N–H and O–H groups in total. The Morgan fingerprint density at radius 2 is 1.86 bits per heavy atom. The van der Waals surface area contributed by atoms with Crippen molar-refractivity contribution in [2.75, 3.05) is 6.54 Å². The minimum atomic E-state index is 0.221. The summed E-state index contributed by atoms with van der Waals surface area (Å²) in [4.78, 5) is 0. The van der Waals surface area contributed by atoms with Crippen molar-refractivity contribution in [3.63, 3.8) is 0 Å². The Bertz CT molecular complexity index is 601. The van der Waals surface area contributed by atoms with Crippen molar-refractivity contribution in [1.29, 1.82) is 0 Å². The van der Waals surface area contributed by atoms with Crippen molar-refractivity contribution in [2.24, 2.45) is 0 Å². The third kappa shape index (κ3) is 4.72. The fourth-order valence-electron chi connectivity index (χ4n) is 2.24. The molecule has 0 aliphatic carbocycles. The van der Waals surface area contributed by atoms with Crippen LogP contribution in [-0.2, 0) is 6.42 Å². The summed E-state index contributed by atoms with van der Waals surface area (Å²) in [7, 11) is 0. The molecule has 0 saturated carbocycles. The second-order valence-corrected chi connectivity index (χ2v) is 6.64. The summed E-state index contributed by atoms with van der Waals surface area (Å²) >= 11 is 15.9. The van der Waals surface area contributed by atoms with Crippen LogP contribution in [0.25, 0.3) is 0 Å². The quantitative estimate of drug-likeness (QED) is 0.638. The summed E-state index contributed by atoms with van der Waals surface area (Å²) < 4.78 is 0.920. The molecule has 1 unspecified atom stereocenters. The average molecular weight is 387 g/mol. The monoisotopic (exact) mass is 385 g/mol. The zero-order chi connectivity index (χ0) is 15.2. The molecule has 21 heavy (non-hydrogen) atoms. The van der Waals surface area contributed by atoms with Gasteiger partial charge in [-0.15, -0.1) is 0 Å². The summed E-state index contributed by atoms with van der Waals surface area (Å²) in [6, 6.07) is 14.3. The largest absolute Gasteiger partial charge is 0.310 e. The first-order valence-electron chi connectivity index (χ1n) is 7.03. The molecule has 0 aromatic heterocycles. The molecule has 0 radical (unpaired) electrons. The van der Waals surface area contributed by atoms with Gasteiger partial charge in [-0.2, -0.15) is 0 Å². The van der Waals surface area contributed by atoms with E-state index >= 15 is 0 Å². The Morgan fingerprint density at radius 3 is 2.52 bits per heavy atom.